The first kappa shape index (κ1) is 24.6. The molecule has 38 heavy (non-hydrogen) atoms. The Bertz CT molecular complexity index is 1460. The summed E-state index contributed by atoms with van der Waals surface area (Å²) in [6.45, 7) is 0.136. The molecule has 3 aromatic rings. The number of carbonyl (C=O) groups is 3. The molecule has 2 heterocycles. The van der Waals surface area contributed by atoms with Gasteiger partial charge in [0.25, 0.3) is 11.8 Å². The number of hydrogen-bond acceptors (Lipinski definition) is 8. The first-order chi connectivity index (χ1) is 18.4. The zero-order valence-corrected chi connectivity index (χ0v) is 20.7. The van der Waals surface area contributed by atoms with E-state index in [1.54, 1.807) is 30.3 Å². The number of nitriles is 1. The van der Waals surface area contributed by atoms with E-state index in [9.17, 15) is 14.4 Å². The highest BCUT2D eigenvalue weighted by Gasteiger charge is 2.44. The molecule has 0 aromatic heterocycles. The highest BCUT2D eigenvalue weighted by molar-refractivity contribution is 6.23. The summed E-state index contributed by atoms with van der Waals surface area (Å²) < 4.78 is 21.5. The molecule has 2 aliphatic rings. The second-order valence-electron chi connectivity index (χ2n) is 8.64. The molecule has 0 saturated carbocycles. The van der Waals surface area contributed by atoms with Gasteiger partial charge in [-0.3, -0.25) is 14.4 Å². The van der Waals surface area contributed by atoms with Crippen LogP contribution in [0.3, 0.4) is 0 Å². The number of anilines is 1. The van der Waals surface area contributed by atoms with Gasteiger partial charge in [0.05, 0.1) is 38.0 Å². The first-order valence-electron chi connectivity index (χ1n) is 11.7. The van der Waals surface area contributed by atoms with Gasteiger partial charge in [0.2, 0.25) is 12.7 Å². The van der Waals surface area contributed by atoms with Crippen molar-refractivity contribution in [1.82, 2.24) is 4.90 Å². The molecule has 1 atom stereocenters. The number of carbonyl (C=O) groups excluding carboxylic acids is 3. The molecule has 0 aliphatic carbocycles. The number of hydrogen-bond donors (Lipinski definition) is 0. The van der Waals surface area contributed by atoms with Gasteiger partial charge in [0.1, 0.15) is 6.04 Å². The molecular formula is C28H23N3O7. The fraction of sp³-hybridized carbons (Fsp3) is 0.214. The summed E-state index contributed by atoms with van der Waals surface area (Å²) in [7, 11) is 2.96. The van der Waals surface area contributed by atoms with Crippen LogP contribution in [0.1, 0.15) is 27.9 Å². The average Bonchev–Trinajstić information content (AvgIpc) is 3.53. The van der Waals surface area contributed by atoms with Crippen LogP contribution in [0, 0.1) is 11.3 Å². The number of benzene rings is 3. The van der Waals surface area contributed by atoms with E-state index < -0.39 is 23.8 Å². The Balaban J connectivity index is 1.51. The highest BCUT2D eigenvalue weighted by atomic mass is 16.7. The molecule has 3 amide bonds. The van der Waals surface area contributed by atoms with Crippen LogP contribution in [0.5, 0.6) is 23.0 Å². The van der Waals surface area contributed by atoms with Crippen LogP contribution in [0.15, 0.2) is 60.7 Å². The maximum absolute atomic E-state index is 13.9. The van der Waals surface area contributed by atoms with Crippen LogP contribution < -0.4 is 23.8 Å². The van der Waals surface area contributed by atoms with Crippen molar-refractivity contribution in [3.05, 3.63) is 77.4 Å². The molecule has 0 N–H and O–H groups in total. The minimum Gasteiger partial charge on any atom is -0.493 e. The van der Waals surface area contributed by atoms with Crippen LogP contribution in [-0.4, -0.2) is 49.7 Å². The Morgan fingerprint density at radius 2 is 1.74 bits per heavy atom. The van der Waals surface area contributed by atoms with Gasteiger partial charge < -0.3 is 23.8 Å². The van der Waals surface area contributed by atoms with Crippen LogP contribution in [0.25, 0.3) is 0 Å². The molecule has 192 valence electrons. The van der Waals surface area contributed by atoms with Crippen LogP contribution in [0.4, 0.5) is 5.69 Å². The summed E-state index contributed by atoms with van der Waals surface area (Å²) in [5.41, 5.74) is 1.70. The van der Waals surface area contributed by atoms with Gasteiger partial charge in [-0.2, -0.15) is 5.26 Å². The van der Waals surface area contributed by atoms with Crippen molar-refractivity contribution in [2.75, 3.05) is 25.9 Å². The summed E-state index contributed by atoms with van der Waals surface area (Å²) in [4.78, 5) is 42.9. The normalized spacial score (nSPS) is 15.8. The van der Waals surface area contributed by atoms with Crippen molar-refractivity contribution in [3.8, 4) is 29.1 Å². The van der Waals surface area contributed by atoms with Crippen molar-refractivity contribution < 1.29 is 33.3 Å². The third kappa shape index (κ3) is 4.46. The number of nitrogens with zero attached hydrogens (tertiary/aromatic N) is 3. The predicted octanol–water partition coefficient (Wildman–Crippen LogP) is 3.28. The summed E-state index contributed by atoms with van der Waals surface area (Å²) in [5, 5.41) is 9.08. The van der Waals surface area contributed by atoms with Crippen LogP contribution in [0.2, 0.25) is 0 Å². The Morgan fingerprint density at radius 3 is 2.45 bits per heavy atom. The molecule has 10 nitrogen and oxygen atoms in total. The minimum absolute atomic E-state index is 0.0364. The van der Waals surface area contributed by atoms with Gasteiger partial charge >= 0.3 is 0 Å². The van der Waals surface area contributed by atoms with E-state index in [0.29, 0.717) is 39.8 Å². The van der Waals surface area contributed by atoms with Crippen molar-refractivity contribution in [2.24, 2.45) is 0 Å². The van der Waals surface area contributed by atoms with E-state index in [2.05, 4.69) is 0 Å². The van der Waals surface area contributed by atoms with Gasteiger partial charge in [0.15, 0.2) is 23.0 Å². The lowest BCUT2D eigenvalue weighted by Gasteiger charge is -2.28. The second kappa shape index (κ2) is 10.1. The minimum atomic E-state index is -1.05. The van der Waals surface area contributed by atoms with E-state index in [4.69, 9.17) is 24.2 Å². The first-order valence-corrected chi connectivity index (χ1v) is 11.7. The number of methoxy groups -OCH3 is 2. The molecule has 1 fully saturated rings. The van der Waals surface area contributed by atoms with E-state index >= 15 is 0 Å². The number of imide groups is 1. The SMILES string of the molecule is COc1ccc(C(=O)N(Cc2ccc3c(c2)OCO3)C2CC(=O)N(c3ccc(C#N)cc3)C2=O)cc1OC. The number of ether oxygens (including phenoxy) is 4. The van der Waals surface area contributed by atoms with E-state index in [1.165, 1.54) is 49.5 Å². The second-order valence-corrected chi connectivity index (χ2v) is 8.64. The molecule has 0 bridgehead atoms. The van der Waals surface area contributed by atoms with Crippen molar-refractivity contribution in [1.29, 1.82) is 5.26 Å². The van der Waals surface area contributed by atoms with E-state index in [1.807, 2.05) is 6.07 Å². The molecule has 1 saturated heterocycles. The number of rotatable bonds is 7. The third-order valence-corrected chi connectivity index (χ3v) is 6.43. The van der Waals surface area contributed by atoms with Crippen molar-refractivity contribution in [3.63, 3.8) is 0 Å². The Kier molecular flexibility index (Phi) is 6.58. The lowest BCUT2D eigenvalue weighted by molar-refractivity contribution is -0.122. The largest absolute Gasteiger partial charge is 0.493 e. The molecule has 0 spiro atoms. The van der Waals surface area contributed by atoms with Crippen LogP contribution in [-0.2, 0) is 16.1 Å². The van der Waals surface area contributed by atoms with Crippen LogP contribution >= 0.6 is 0 Å². The van der Waals surface area contributed by atoms with Gasteiger partial charge in [0, 0.05) is 12.1 Å². The molecular weight excluding hydrogens is 490 g/mol. The lowest BCUT2D eigenvalue weighted by Crippen LogP contribution is -2.45. The standard InChI is InChI=1S/C28H23N3O7/c1-35-22-10-6-19(12-24(22)36-2)27(33)30(15-18-5-9-23-25(11-18)38-16-37-23)21-13-26(32)31(28(21)34)20-7-3-17(14-29)4-8-20/h3-12,21H,13,15-16H2,1-2H3. The topological polar surface area (TPSA) is 118 Å². The third-order valence-electron chi connectivity index (χ3n) is 6.43. The van der Waals surface area contributed by atoms with Crippen molar-refractivity contribution >= 4 is 23.4 Å². The number of fused-ring (bicyclic) bond motifs is 1. The molecule has 10 heteroatoms. The van der Waals surface area contributed by atoms with E-state index in [-0.39, 0.29) is 25.3 Å². The maximum atomic E-state index is 13.9. The Hall–Kier alpha value is -5.04. The average molecular weight is 514 g/mol. The molecule has 3 aromatic carbocycles. The molecule has 2 aliphatic heterocycles. The van der Waals surface area contributed by atoms with Gasteiger partial charge in [-0.1, -0.05) is 6.07 Å². The number of amides is 3. The van der Waals surface area contributed by atoms with Crippen molar-refractivity contribution in [2.45, 2.75) is 19.0 Å². The monoisotopic (exact) mass is 513 g/mol. The maximum Gasteiger partial charge on any atom is 0.257 e. The fourth-order valence-corrected chi connectivity index (χ4v) is 4.51. The van der Waals surface area contributed by atoms with E-state index in [0.717, 1.165) is 4.90 Å². The summed E-state index contributed by atoms with van der Waals surface area (Å²) in [5.74, 6) is 0.491. The zero-order chi connectivity index (χ0) is 26.8. The van der Waals surface area contributed by atoms with Gasteiger partial charge in [-0.15, -0.1) is 0 Å². The highest BCUT2D eigenvalue weighted by Crippen LogP contribution is 2.35. The Labute approximate surface area is 218 Å². The smallest absolute Gasteiger partial charge is 0.257 e. The Morgan fingerprint density at radius 1 is 1.00 bits per heavy atom. The summed E-state index contributed by atoms with van der Waals surface area (Å²) in [6, 6.07) is 17.1. The molecule has 0 radical (unpaired) electrons. The summed E-state index contributed by atoms with van der Waals surface area (Å²) >= 11 is 0. The van der Waals surface area contributed by atoms with Gasteiger partial charge in [-0.05, 0) is 60.2 Å². The zero-order valence-electron chi connectivity index (χ0n) is 20.7. The predicted molar refractivity (Wildman–Crippen MR) is 134 cm³/mol. The lowest BCUT2D eigenvalue weighted by atomic mass is 10.1. The van der Waals surface area contributed by atoms with Gasteiger partial charge in [-0.25, -0.2) is 4.90 Å². The fourth-order valence-electron chi connectivity index (χ4n) is 4.51. The summed E-state index contributed by atoms with van der Waals surface area (Å²) in [6.07, 6.45) is -0.192. The quantitative estimate of drug-likeness (QED) is 0.442. The molecule has 5 rings (SSSR count). The molecule has 1 unspecified atom stereocenters.